The van der Waals surface area contributed by atoms with Crippen LogP contribution in [0.4, 0.5) is 0 Å². The molecule has 2 aromatic heterocycles. The van der Waals surface area contributed by atoms with Gasteiger partial charge in [-0.15, -0.1) is 0 Å². The van der Waals surface area contributed by atoms with Crippen molar-refractivity contribution in [1.82, 2.24) is 9.55 Å². The lowest BCUT2D eigenvalue weighted by Crippen LogP contribution is -2.44. The third-order valence-electron chi connectivity index (χ3n) is 6.27. The summed E-state index contributed by atoms with van der Waals surface area (Å²) in [5.41, 5.74) is 1.99. The number of carbonyl (C=O) groups is 1. The van der Waals surface area contributed by atoms with E-state index >= 15 is 0 Å². The number of hydrogen-bond acceptors (Lipinski definition) is 6. The van der Waals surface area contributed by atoms with Crippen molar-refractivity contribution >= 4 is 16.9 Å². The van der Waals surface area contributed by atoms with Crippen molar-refractivity contribution in [2.24, 2.45) is 0 Å². The number of benzene rings is 1. The van der Waals surface area contributed by atoms with E-state index in [-0.39, 0.29) is 24.3 Å². The maximum Gasteiger partial charge on any atom is 0.343 e. The maximum absolute atomic E-state index is 13.2. The quantitative estimate of drug-likeness (QED) is 0.507. The van der Waals surface area contributed by atoms with Gasteiger partial charge in [0.05, 0.1) is 29.0 Å². The first-order valence-electron chi connectivity index (χ1n) is 10.2. The van der Waals surface area contributed by atoms with Crippen LogP contribution in [0, 0.1) is 0 Å². The number of ether oxygens (including phenoxy) is 1. The first-order valence-corrected chi connectivity index (χ1v) is 10.2. The molecule has 0 amide bonds. The number of cyclic esters (lactones) is 1. The smallest absolute Gasteiger partial charge is 0.343 e. The highest BCUT2D eigenvalue weighted by molar-refractivity contribution is 5.90. The van der Waals surface area contributed by atoms with Gasteiger partial charge < -0.3 is 19.5 Å². The molecule has 4 heterocycles. The molecule has 5 rings (SSSR count). The molecule has 30 heavy (non-hydrogen) atoms. The molecule has 2 N–H and O–H groups in total. The summed E-state index contributed by atoms with van der Waals surface area (Å²) >= 11 is 0. The van der Waals surface area contributed by atoms with Crippen LogP contribution in [-0.2, 0) is 34.7 Å². The zero-order chi connectivity index (χ0) is 21.2. The van der Waals surface area contributed by atoms with E-state index in [2.05, 4.69) is 6.92 Å². The number of aryl methyl sites for hydroxylation is 1. The zero-order valence-corrected chi connectivity index (χ0v) is 16.9. The predicted molar refractivity (Wildman–Crippen MR) is 110 cm³/mol. The van der Waals surface area contributed by atoms with Crippen LogP contribution in [0.5, 0.6) is 5.75 Å². The summed E-state index contributed by atoms with van der Waals surface area (Å²) in [5.74, 6) is -0.508. The standard InChI is InChI=1S/C23H22N2O5/c1-3-5-12-6-7-17-14(20(12)26)8-13-10-25-18(19(13)24-17)9-16-15(21(25)27)11-30-22(28)23(16,29)4-2/h6-9,26,29H,3-5,10-11H2,1-2H3/t23-/m0/s1. The fourth-order valence-corrected chi connectivity index (χ4v) is 4.55. The average Bonchev–Trinajstić information content (AvgIpc) is 3.10. The van der Waals surface area contributed by atoms with Gasteiger partial charge in [0.15, 0.2) is 5.60 Å². The fourth-order valence-electron chi connectivity index (χ4n) is 4.55. The molecule has 0 fully saturated rings. The largest absolute Gasteiger partial charge is 0.507 e. The number of nitrogens with zero attached hydrogens (tertiary/aromatic N) is 2. The van der Waals surface area contributed by atoms with E-state index in [1.54, 1.807) is 17.6 Å². The second-order valence-corrected chi connectivity index (χ2v) is 7.99. The van der Waals surface area contributed by atoms with Gasteiger partial charge in [-0.1, -0.05) is 26.3 Å². The van der Waals surface area contributed by atoms with Crippen LogP contribution in [0.3, 0.4) is 0 Å². The summed E-state index contributed by atoms with van der Waals surface area (Å²) in [6.45, 7) is 3.90. The number of hydrogen-bond donors (Lipinski definition) is 2. The van der Waals surface area contributed by atoms with Crippen LogP contribution in [0.25, 0.3) is 22.3 Å². The Balaban J connectivity index is 1.74. The van der Waals surface area contributed by atoms with E-state index in [9.17, 15) is 19.8 Å². The molecule has 7 nitrogen and oxygen atoms in total. The number of pyridine rings is 2. The molecule has 0 radical (unpaired) electrons. The lowest BCUT2D eigenvalue weighted by Gasteiger charge is -2.31. The highest BCUT2D eigenvalue weighted by atomic mass is 16.6. The Hall–Kier alpha value is -3.19. The average molecular weight is 406 g/mol. The molecule has 2 aliphatic heterocycles. The van der Waals surface area contributed by atoms with E-state index in [0.717, 1.165) is 24.0 Å². The van der Waals surface area contributed by atoms with Crippen molar-refractivity contribution in [3.63, 3.8) is 0 Å². The van der Waals surface area contributed by atoms with Gasteiger partial charge in [-0.05, 0) is 36.6 Å². The molecule has 0 aliphatic carbocycles. The van der Waals surface area contributed by atoms with Crippen LogP contribution in [0.2, 0.25) is 0 Å². The summed E-state index contributed by atoms with van der Waals surface area (Å²) in [7, 11) is 0. The van der Waals surface area contributed by atoms with Gasteiger partial charge in [-0.2, -0.15) is 0 Å². The Morgan fingerprint density at radius 1 is 1.23 bits per heavy atom. The van der Waals surface area contributed by atoms with E-state index in [0.29, 0.717) is 40.0 Å². The Morgan fingerprint density at radius 2 is 2.03 bits per heavy atom. The molecule has 2 aliphatic rings. The van der Waals surface area contributed by atoms with Crippen molar-refractivity contribution in [3.05, 3.63) is 56.9 Å². The summed E-state index contributed by atoms with van der Waals surface area (Å²) in [6.07, 6.45) is 1.80. The molecule has 1 atom stereocenters. The highest BCUT2D eigenvalue weighted by Crippen LogP contribution is 2.40. The van der Waals surface area contributed by atoms with Gasteiger partial charge in [-0.25, -0.2) is 9.78 Å². The number of aliphatic hydroxyl groups is 1. The monoisotopic (exact) mass is 406 g/mol. The molecule has 0 saturated carbocycles. The van der Waals surface area contributed by atoms with Crippen LogP contribution in [-0.4, -0.2) is 25.7 Å². The summed E-state index contributed by atoms with van der Waals surface area (Å²) in [4.78, 5) is 30.1. The molecule has 0 saturated heterocycles. The van der Waals surface area contributed by atoms with Crippen LogP contribution >= 0.6 is 0 Å². The minimum absolute atomic E-state index is 0.105. The van der Waals surface area contributed by atoms with Gasteiger partial charge in [-0.3, -0.25) is 4.79 Å². The molecule has 154 valence electrons. The maximum atomic E-state index is 13.2. The Bertz CT molecular complexity index is 1290. The summed E-state index contributed by atoms with van der Waals surface area (Å²) in [5, 5.41) is 22.3. The van der Waals surface area contributed by atoms with E-state index < -0.39 is 11.6 Å². The summed E-state index contributed by atoms with van der Waals surface area (Å²) in [6, 6.07) is 7.32. The van der Waals surface area contributed by atoms with Crippen molar-refractivity contribution < 1.29 is 19.7 Å². The van der Waals surface area contributed by atoms with Crippen molar-refractivity contribution in [1.29, 1.82) is 0 Å². The number of rotatable bonds is 3. The van der Waals surface area contributed by atoms with Gasteiger partial charge in [0.2, 0.25) is 0 Å². The Labute approximate surface area is 172 Å². The zero-order valence-electron chi connectivity index (χ0n) is 16.9. The Morgan fingerprint density at radius 3 is 2.77 bits per heavy atom. The van der Waals surface area contributed by atoms with E-state index in [1.165, 1.54) is 0 Å². The topological polar surface area (TPSA) is 102 Å². The molecule has 0 unspecified atom stereocenters. The minimum Gasteiger partial charge on any atom is -0.507 e. The van der Waals surface area contributed by atoms with Crippen molar-refractivity contribution in [2.45, 2.75) is 51.9 Å². The van der Waals surface area contributed by atoms with E-state index in [1.807, 2.05) is 18.2 Å². The molecular formula is C23H22N2O5. The number of carbonyl (C=O) groups excluding carboxylic acids is 1. The molecule has 0 bridgehead atoms. The van der Waals surface area contributed by atoms with Gasteiger partial charge in [0, 0.05) is 16.5 Å². The third kappa shape index (κ3) is 2.38. The molecule has 0 spiro atoms. The SMILES string of the molecule is CCCc1ccc2nc3c(cc2c1O)Cn1c-3cc2c(c1=O)COC(=O)[C@]2(O)CC. The normalized spacial score (nSPS) is 19.4. The van der Waals surface area contributed by atoms with Gasteiger partial charge >= 0.3 is 5.97 Å². The lowest BCUT2D eigenvalue weighted by atomic mass is 9.86. The van der Waals surface area contributed by atoms with Crippen molar-refractivity contribution in [2.75, 3.05) is 0 Å². The number of phenols is 1. The molecule has 3 aromatic rings. The second kappa shape index (κ2) is 6.40. The lowest BCUT2D eigenvalue weighted by molar-refractivity contribution is -0.172. The number of aromatic nitrogens is 2. The highest BCUT2D eigenvalue weighted by Gasteiger charge is 2.45. The molecule has 1 aromatic carbocycles. The van der Waals surface area contributed by atoms with Crippen LogP contribution in [0.15, 0.2) is 29.1 Å². The predicted octanol–water partition coefficient (Wildman–Crippen LogP) is 2.74. The molecule has 7 heteroatoms. The third-order valence-corrected chi connectivity index (χ3v) is 6.27. The fraction of sp³-hybridized carbons (Fsp3) is 0.348. The van der Waals surface area contributed by atoms with Crippen LogP contribution < -0.4 is 5.56 Å². The number of fused-ring (bicyclic) bond motifs is 5. The van der Waals surface area contributed by atoms with Crippen LogP contribution in [0.1, 0.15) is 48.9 Å². The van der Waals surface area contributed by atoms with Gasteiger partial charge in [0.1, 0.15) is 12.4 Å². The summed E-state index contributed by atoms with van der Waals surface area (Å²) < 4.78 is 6.68. The van der Waals surface area contributed by atoms with E-state index in [4.69, 9.17) is 9.72 Å². The number of phenolic OH excluding ortho intramolecular Hbond substituents is 1. The molecular weight excluding hydrogens is 384 g/mol. The second-order valence-electron chi connectivity index (χ2n) is 7.99. The number of esters is 1. The van der Waals surface area contributed by atoms with Gasteiger partial charge in [0.25, 0.3) is 5.56 Å². The first-order chi connectivity index (χ1) is 14.4. The van der Waals surface area contributed by atoms with Crippen molar-refractivity contribution in [3.8, 4) is 17.1 Å². The number of aromatic hydroxyl groups is 1. The first kappa shape index (κ1) is 18.8. The Kier molecular flexibility index (Phi) is 4.02. The minimum atomic E-state index is -1.84.